The Labute approximate surface area is 156 Å². The molecule has 0 aliphatic carbocycles. The minimum Gasteiger partial charge on any atom is -0.368 e. The Bertz CT molecular complexity index is 718. The lowest BCUT2D eigenvalue weighted by molar-refractivity contribution is 0.312. The minimum absolute atomic E-state index is 0.881. The van der Waals surface area contributed by atoms with Crippen molar-refractivity contribution in [3.63, 3.8) is 0 Å². The molecule has 0 bridgehead atoms. The Balaban J connectivity index is 1.45. The van der Waals surface area contributed by atoms with Gasteiger partial charge in [0.25, 0.3) is 0 Å². The summed E-state index contributed by atoms with van der Waals surface area (Å²) in [5, 5.41) is 0. The predicted molar refractivity (Wildman–Crippen MR) is 107 cm³/mol. The van der Waals surface area contributed by atoms with Crippen LogP contribution in [0.5, 0.6) is 0 Å². The highest BCUT2D eigenvalue weighted by Crippen LogP contribution is 2.21. The molecule has 0 radical (unpaired) electrons. The number of nitrogens with zero attached hydrogens (tertiary/aromatic N) is 6. The molecule has 2 fully saturated rings. The molecule has 0 atom stereocenters. The molecule has 1 aromatic heterocycles. The van der Waals surface area contributed by atoms with Crippen molar-refractivity contribution in [1.82, 2.24) is 14.9 Å². The van der Waals surface area contributed by atoms with Crippen molar-refractivity contribution in [2.45, 2.75) is 6.92 Å². The number of likely N-dealkylation sites (N-methyl/N-ethyl adjacent to an activating group) is 1. The molecular formula is C20H28N6. The number of aryl methyl sites for hydroxylation is 1. The summed E-state index contributed by atoms with van der Waals surface area (Å²) < 4.78 is 0. The summed E-state index contributed by atoms with van der Waals surface area (Å²) in [6.45, 7) is 10.3. The Hall–Kier alpha value is -2.34. The molecular weight excluding hydrogens is 324 g/mol. The van der Waals surface area contributed by atoms with E-state index in [2.05, 4.69) is 70.0 Å². The van der Waals surface area contributed by atoms with Gasteiger partial charge in [-0.2, -0.15) is 4.98 Å². The highest BCUT2D eigenvalue weighted by molar-refractivity contribution is 5.50. The van der Waals surface area contributed by atoms with Crippen LogP contribution in [0.15, 0.2) is 36.4 Å². The van der Waals surface area contributed by atoms with Crippen LogP contribution in [0.1, 0.15) is 5.69 Å². The molecule has 6 nitrogen and oxygen atoms in total. The molecule has 2 aromatic rings. The lowest BCUT2D eigenvalue weighted by Gasteiger charge is -2.37. The van der Waals surface area contributed by atoms with Crippen molar-refractivity contribution in [3.05, 3.63) is 42.1 Å². The van der Waals surface area contributed by atoms with Crippen LogP contribution in [0.2, 0.25) is 0 Å². The predicted octanol–water partition coefficient (Wildman–Crippen LogP) is 1.86. The summed E-state index contributed by atoms with van der Waals surface area (Å²) in [7, 11) is 2.18. The average molecular weight is 352 g/mol. The first-order chi connectivity index (χ1) is 12.7. The van der Waals surface area contributed by atoms with E-state index < -0.39 is 0 Å². The fourth-order valence-corrected chi connectivity index (χ4v) is 3.68. The van der Waals surface area contributed by atoms with E-state index in [1.165, 1.54) is 5.69 Å². The van der Waals surface area contributed by atoms with Crippen molar-refractivity contribution in [2.24, 2.45) is 0 Å². The van der Waals surface area contributed by atoms with Crippen LogP contribution in [0.4, 0.5) is 17.5 Å². The van der Waals surface area contributed by atoms with Crippen LogP contribution < -0.4 is 14.7 Å². The van der Waals surface area contributed by atoms with Gasteiger partial charge in [0.1, 0.15) is 5.82 Å². The number of hydrogen-bond donors (Lipinski definition) is 0. The van der Waals surface area contributed by atoms with E-state index >= 15 is 0 Å². The summed E-state index contributed by atoms with van der Waals surface area (Å²) in [5.74, 6) is 1.96. The number of aromatic nitrogens is 2. The maximum atomic E-state index is 4.91. The summed E-state index contributed by atoms with van der Waals surface area (Å²) in [4.78, 5) is 19.2. The SMILES string of the molecule is Cc1cc(N2CCN(C)CC2)nc(N2CCN(c3ccccc3)CC2)n1. The van der Waals surface area contributed by atoms with Crippen molar-refractivity contribution in [1.29, 1.82) is 0 Å². The zero-order chi connectivity index (χ0) is 17.9. The first-order valence-electron chi connectivity index (χ1n) is 9.53. The number of benzene rings is 1. The molecule has 0 spiro atoms. The van der Waals surface area contributed by atoms with Crippen LogP contribution in [0, 0.1) is 6.92 Å². The highest BCUT2D eigenvalue weighted by Gasteiger charge is 2.22. The normalized spacial score (nSPS) is 19.1. The Kier molecular flexibility index (Phi) is 4.93. The first kappa shape index (κ1) is 17.1. The van der Waals surface area contributed by atoms with Gasteiger partial charge in [-0.15, -0.1) is 0 Å². The van der Waals surface area contributed by atoms with Crippen LogP contribution in [-0.2, 0) is 0 Å². The number of hydrogen-bond acceptors (Lipinski definition) is 6. The maximum Gasteiger partial charge on any atom is 0.227 e. The van der Waals surface area contributed by atoms with Gasteiger partial charge in [0.15, 0.2) is 0 Å². The topological polar surface area (TPSA) is 38.7 Å². The second-order valence-electron chi connectivity index (χ2n) is 7.27. The summed E-state index contributed by atoms with van der Waals surface area (Å²) >= 11 is 0. The lowest BCUT2D eigenvalue weighted by atomic mass is 10.2. The molecule has 2 saturated heterocycles. The highest BCUT2D eigenvalue weighted by atomic mass is 15.3. The van der Waals surface area contributed by atoms with Crippen LogP contribution in [0.3, 0.4) is 0 Å². The Morgan fingerprint density at radius 3 is 2.04 bits per heavy atom. The lowest BCUT2D eigenvalue weighted by Crippen LogP contribution is -2.47. The third-order valence-corrected chi connectivity index (χ3v) is 5.34. The Morgan fingerprint density at radius 2 is 1.35 bits per heavy atom. The largest absolute Gasteiger partial charge is 0.368 e. The van der Waals surface area contributed by atoms with Gasteiger partial charge in [-0.1, -0.05) is 18.2 Å². The molecule has 0 N–H and O–H groups in total. The van der Waals surface area contributed by atoms with E-state index in [1.807, 2.05) is 0 Å². The molecule has 6 heteroatoms. The summed E-state index contributed by atoms with van der Waals surface area (Å²) in [6.07, 6.45) is 0. The van der Waals surface area contributed by atoms with Gasteiger partial charge in [0.05, 0.1) is 0 Å². The standard InChI is InChI=1S/C20H28N6/c1-17-16-19(25-10-8-23(2)9-11-25)22-20(21-17)26-14-12-24(13-15-26)18-6-4-3-5-7-18/h3-7,16H,8-15H2,1-2H3. The van der Waals surface area contributed by atoms with Crippen molar-refractivity contribution < 1.29 is 0 Å². The molecule has 0 unspecified atom stereocenters. The molecule has 1 aromatic carbocycles. The van der Waals surface area contributed by atoms with Gasteiger partial charge >= 0.3 is 0 Å². The van der Waals surface area contributed by atoms with Gasteiger partial charge < -0.3 is 19.6 Å². The van der Waals surface area contributed by atoms with Crippen LogP contribution in [-0.4, -0.2) is 74.3 Å². The molecule has 2 aliphatic rings. The van der Waals surface area contributed by atoms with Crippen molar-refractivity contribution >= 4 is 17.5 Å². The number of para-hydroxylation sites is 1. The fraction of sp³-hybridized carbons (Fsp3) is 0.500. The molecule has 26 heavy (non-hydrogen) atoms. The minimum atomic E-state index is 0.881. The van der Waals surface area contributed by atoms with Crippen molar-refractivity contribution in [2.75, 3.05) is 74.1 Å². The van der Waals surface area contributed by atoms with E-state index in [-0.39, 0.29) is 0 Å². The van der Waals surface area contributed by atoms with Gasteiger partial charge in [-0.25, -0.2) is 4.98 Å². The maximum absolute atomic E-state index is 4.91. The second kappa shape index (κ2) is 7.50. The van der Waals surface area contributed by atoms with Crippen molar-refractivity contribution in [3.8, 4) is 0 Å². The second-order valence-corrected chi connectivity index (χ2v) is 7.27. The van der Waals surface area contributed by atoms with E-state index in [9.17, 15) is 0 Å². The zero-order valence-corrected chi connectivity index (χ0v) is 15.8. The van der Waals surface area contributed by atoms with E-state index in [4.69, 9.17) is 9.97 Å². The molecule has 0 amide bonds. The number of rotatable bonds is 3. The molecule has 0 saturated carbocycles. The quantitative estimate of drug-likeness (QED) is 0.840. The number of anilines is 3. The van der Waals surface area contributed by atoms with Gasteiger partial charge in [-0.3, -0.25) is 0 Å². The zero-order valence-electron chi connectivity index (χ0n) is 15.8. The smallest absolute Gasteiger partial charge is 0.227 e. The van der Waals surface area contributed by atoms with E-state index in [1.54, 1.807) is 0 Å². The molecule has 4 rings (SSSR count). The Morgan fingerprint density at radius 1 is 0.731 bits per heavy atom. The van der Waals surface area contributed by atoms with Crippen LogP contribution >= 0.6 is 0 Å². The first-order valence-corrected chi connectivity index (χ1v) is 9.53. The third kappa shape index (κ3) is 3.75. The number of piperazine rings is 2. The fourth-order valence-electron chi connectivity index (χ4n) is 3.68. The van der Waals surface area contributed by atoms with Crippen LogP contribution in [0.25, 0.3) is 0 Å². The summed E-state index contributed by atoms with van der Waals surface area (Å²) in [6, 6.07) is 12.8. The summed E-state index contributed by atoms with van der Waals surface area (Å²) in [5.41, 5.74) is 2.35. The van der Waals surface area contributed by atoms with E-state index in [0.717, 1.165) is 69.8 Å². The van der Waals surface area contributed by atoms with Gasteiger partial charge in [0, 0.05) is 69.8 Å². The monoisotopic (exact) mass is 352 g/mol. The van der Waals surface area contributed by atoms with Gasteiger partial charge in [0.2, 0.25) is 5.95 Å². The molecule has 138 valence electrons. The average Bonchev–Trinajstić information content (AvgIpc) is 2.69. The third-order valence-electron chi connectivity index (χ3n) is 5.34. The molecule has 2 aliphatic heterocycles. The van der Waals surface area contributed by atoms with E-state index in [0.29, 0.717) is 0 Å². The molecule has 3 heterocycles. The van der Waals surface area contributed by atoms with Gasteiger partial charge in [-0.05, 0) is 26.1 Å².